The van der Waals surface area contributed by atoms with Crippen molar-refractivity contribution in [1.29, 1.82) is 0 Å². The monoisotopic (exact) mass is 224 g/mol. The van der Waals surface area contributed by atoms with Gasteiger partial charge in [0.05, 0.1) is 0 Å². The first-order chi connectivity index (χ1) is 7.84. The van der Waals surface area contributed by atoms with Crippen LogP contribution in [0.25, 0.3) is 0 Å². The van der Waals surface area contributed by atoms with Gasteiger partial charge in [-0.25, -0.2) is 0 Å². The zero-order valence-electron chi connectivity index (χ0n) is 10.8. The lowest BCUT2D eigenvalue weighted by molar-refractivity contribution is 0.274. The first kappa shape index (κ1) is 12.4. The molecule has 0 spiro atoms. The first-order valence-corrected chi connectivity index (χ1v) is 7.28. The van der Waals surface area contributed by atoms with E-state index in [0.29, 0.717) is 0 Å². The van der Waals surface area contributed by atoms with Gasteiger partial charge >= 0.3 is 0 Å². The summed E-state index contributed by atoms with van der Waals surface area (Å²) in [6.45, 7) is 6.05. The topological polar surface area (TPSA) is 24.1 Å². The summed E-state index contributed by atoms with van der Waals surface area (Å²) in [4.78, 5) is 0. The predicted molar refractivity (Wildman–Crippen MR) is 69.6 cm³/mol. The van der Waals surface area contributed by atoms with Crippen LogP contribution in [0.3, 0.4) is 0 Å². The molecule has 16 heavy (non-hydrogen) atoms. The molecule has 1 atom stereocenters. The Labute approximate surface area is 101 Å². The molecule has 0 aromatic carbocycles. The summed E-state index contributed by atoms with van der Waals surface area (Å²) in [7, 11) is 0. The maximum atomic E-state index is 3.62. The summed E-state index contributed by atoms with van der Waals surface area (Å²) in [5.41, 5.74) is 0. The van der Waals surface area contributed by atoms with Crippen molar-refractivity contribution in [1.82, 2.24) is 10.6 Å². The van der Waals surface area contributed by atoms with Crippen LogP contribution in [-0.2, 0) is 0 Å². The Bertz CT molecular complexity index is 179. The minimum Gasteiger partial charge on any atom is -0.315 e. The molecule has 1 unspecified atom stereocenters. The molecular formula is C14H28N2. The van der Waals surface area contributed by atoms with E-state index in [0.717, 1.165) is 17.9 Å². The molecule has 2 fully saturated rings. The average Bonchev–Trinajstić information content (AvgIpc) is 2.80. The lowest BCUT2D eigenvalue weighted by Gasteiger charge is -2.26. The third kappa shape index (κ3) is 4.06. The lowest BCUT2D eigenvalue weighted by atomic mass is 9.81. The van der Waals surface area contributed by atoms with E-state index in [4.69, 9.17) is 0 Å². The first-order valence-electron chi connectivity index (χ1n) is 7.28. The zero-order valence-corrected chi connectivity index (χ0v) is 10.8. The number of hydrogen-bond acceptors (Lipinski definition) is 2. The van der Waals surface area contributed by atoms with E-state index in [-0.39, 0.29) is 0 Å². The van der Waals surface area contributed by atoms with Crippen LogP contribution in [0.1, 0.15) is 51.9 Å². The number of rotatable bonds is 5. The Hall–Kier alpha value is -0.0800. The Morgan fingerprint density at radius 1 is 1.12 bits per heavy atom. The summed E-state index contributed by atoms with van der Waals surface area (Å²) in [6.07, 6.45) is 10.0. The molecule has 2 aliphatic rings. The molecule has 0 bridgehead atoms. The molecule has 1 heterocycles. The summed E-state index contributed by atoms with van der Waals surface area (Å²) < 4.78 is 0. The van der Waals surface area contributed by atoms with E-state index >= 15 is 0 Å². The molecule has 0 aromatic heterocycles. The summed E-state index contributed by atoms with van der Waals surface area (Å²) in [6, 6.07) is 0.756. The second-order valence-corrected chi connectivity index (χ2v) is 5.91. The SMILES string of the molecule is CC1CCC(CCNCC2CCCN2)CC1. The fourth-order valence-corrected chi connectivity index (χ4v) is 3.13. The van der Waals surface area contributed by atoms with E-state index in [9.17, 15) is 0 Å². The maximum absolute atomic E-state index is 3.62. The molecular weight excluding hydrogens is 196 g/mol. The van der Waals surface area contributed by atoms with Gasteiger partial charge in [-0.15, -0.1) is 0 Å². The van der Waals surface area contributed by atoms with Crippen LogP contribution >= 0.6 is 0 Å². The van der Waals surface area contributed by atoms with E-state index in [1.807, 2.05) is 0 Å². The third-order valence-corrected chi connectivity index (χ3v) is 4.42. The molecule has 2 heteroatoms. The van der Waals surface area contributed by atoms with Crippen LogP contribution in [0.4, 0.5) is 0 Å². The number of nitrogens with one attached hydrogen (secondary N) is 2. The fourth-order valence-electron chi connectivity index (χ4n) is 3.13. The van der Waals surface area contributed by atoms with Gasteiger partial charge in [0.15, 0.2) is 0 Å². The molecule has 2 rings (SSSR count). The van der Waals surface area contributed by atoms with Gasteiger partial charge < -0.3 is 10.6 Å². The normalized spacial score (nSPS) is 35.4. The predicted octanol–water partition coefficient (Wildman–Crippen LogP) is 2.54. The molecule has 2 nitrogen and oxygen atoms in total. The van der Waals surface area contributed by atoms with Crippen molar-refractivity contribution in [3.05, 3.63) is 0 Å². The molecule has 0 radical (unpaired) electrons. The van der Waals surface area contributed by atoms with Gasteiger partial charge in [-0.2, -0.15) is 0 Å². The van der Waals surface area contributed by atoms with Crippen molar-refractivity contribution in [2.75, 3.05) is 19.6 Å². The van der Waals surface area contributed by atoms with Gasteiger partial charge in [0, 0.05) is 12.6 Å². The summed E-state index contributed by atoms with van der Waals surface area (Å²) in [5.74, 6) is 2.01. The average molecular weight is 224 g/mol. The van der Waals surface area contributed by atoms with Gasteiger partial charge in [0.25, 0.3) is 0 Å². The number of hydrogen-bond donors (Lipinski definition) is 2. The molecule has 0 aromatic rings. The van der Waals surface area contributed by atoms with Crippen LogP contribution in [0, 0.1) is 11.8 Å². The van der Waals surface area contributed by atoms with Crippen LogP contribution in [0.15, 0.2) is 0 Å². The molecule has 1 aliphatic carbocycles. The molecule has 2 N–H and O–H groups in total. The fraction of sp³-hybridized carbons (Fsp3) is 1.00. The second-order valence-electron chi connectivity index (χ2n) is 5.91. The van der Waals surface area contributed by atoms with Gasteiger partial charge in [0.1, 0.15) is 0 Å². The standard InChI is InChI=1S/C14H28N2/c1-12-4-6-13(7-5-12)8-10-15-11-14-3-2-9-16-14/h12-16H,2-11H2,1H3. The third-order valence-electron chi connectivity index (χ3n) is 4.42. The zero-order chi connectivity index (χ0) is 11.2. The van der Waals surface area contributed by atoms with Crippen LogP contribution in [0.5, 0.6) is 0 Å². The Morgan fingerprint density at radius 2 is 1.94 bits per heavy atom. The van der Waals surface area contributed by atoms with Crippen molar-refractivity contribution in [3.8, 4) is 0 Å². The van der Waals surface area contributed by atoms with Crippen molar-refractivity contribution in [3.63, 3.8) is 0 Å². The molecule has 1 saturated heterocycles. The van der Waals surface area contributed by atoms with Crippen molar-refractivity contribution in [2.24, 2.45) is 11.8 Å². The van der Waals surface area contributed by atoms with Crippen molar-refractivity contribution >= 4 is 0 Å². The quantitative estimate of drug-likeness (QED) is 0.701. The minimum absolute atomic E-state index is 0.756. The van der Waals surface area contributed by atoms with Crippen molar-refractivity contribution in [2.45, 2.75) is 57.9 Å². The minimum atomic E-state index is 0.756. The highest BCUT2D eigenvalue weighted by Gasteiger charge is 2.18. The van der Waals surface area contributed by atoms with Crippen LogP contribution < -0.4 is 10.6 Å². The summed E-state index contributed by atoms with van der Waals surface area (Å²) in [5, 5.41) is 7.16. The van der Waals surface area contributed by atoms with Gasteiger partial charge in [-0.1, -0.05) is 32.6 Å². The van der Waals surface area contributed by atoms with E-state index in [2.05, 4.69) is 17.6 Å². The van der Waals surface area contributed by atoms with Gasteiger partial charge in [-0.05, 0) is 44.2 Å². The highest BCUT2D eigenvalue weighted by atomic mass is 15.0. The molecule has 1 saturated carbocycles. The molecule has 94 valence electrons. The highest BCUT2D eigenvalue weighted by molar-refractivity contribution is 4.77. The lowest BCUT2D eigenvalue weighted by Crippen LogP contribution is -2.34. The van der Waals surface area contributed by atoms with E-state index in [1.165, 1.54) is 64.6 Å². The van der Waals surface area contributed by atoms with Crippen LogP contribution in [0.2, 0.25) is 0 Å². The summed E-state index contributed by atoms with van der Waals surface area (Å²) >= 11 is 0. The second kappa shape index (κ2) is 6.61. The Balaban J connectivity index is 1.48. The van der Waals surface area contributed by atoms with Crippen molar-refractivity contribution < 1.29 is 0 Å². The Kier molecular flexibility index (Phi) is 5.11. The largest absolute Gasteiger partial charge is 0.315 e. The molecule has 0 amide bonds. The molecule has 1 aliphatic heterocycles. The van der Waals surface area contributed by atoms with Gasteiger partial charge in [0.2, 0.25) is 0 Å². The van der Waals surface area contributed by atoms with E-state index < -0.39 is 0 Å². The smallest absolute Gasteiger partial charge is 0.0192 e. The van der Waals surface area contributed by atoms with E-state index in [1.54, 1.807) is 0 Å². The van der Waals surface area contributed by atoms with Gasteiger partial charge in [-0.3, -0.25) is 0 Å². The highest BCUT2D eigenvalue weighted by Crippen LogP contribution is 2.29. The Morgan fingerprint density at radius 3 is 2.62 bits per heavy atom. The van der Waals surface area contributed by atoms with Crippen LogP contribution in [-0.4, -0.2) is 25.7 Å². The maximum Gasteiger partial charge on any atom is 0.0192 e.